The predicted molar refractivity (Wildman–Crippen MR) is 126 cm³/mol. The van der Waals surface area contributed by atoms with Crippen LogP contribution in [0.25, 0.3) is 0 Å². The molecule has 0 saturated carbocycles. The average Bonchev–Trinajstić information content (AvgIpc) is 3.31. The second kappa shape index (κ2) is 8.86. The van der Waals surface area contributed by atoms with Crippen LogP contribution >= 0.6 is 0 Å². The van der Waals surface area contributed by atoms with Crippen LogP contribution in [0, 0.1) is 5.92 Å². The SMILES string of the molecule is CC(C)(C)OC(=O)N1CCC(CCN2CC3CC2CN3c2ccc(S(C)(=O)=O)cc2)CC1. The van der Waals surface area contributed by atoms with Crippen molar-refractivity contribution < 1.29 is 17.9 Å². The van der Waals surface area contributed by atoms with Gasteiger partial charge in [-0.3, -0.25) is 4.90 Å². The zero-order valence-corrected chi connectivity index (χ0v) is 20.6. The molecule has 7 nitrogen and oxygen atoms in total. The molecule has 3 saturated heterocycles. The van der Waals surface area contributed by atoms with Gasteiger partial charge in [0.2, 0.25) is 0 Å². The Morgan fingerprint density at radius 3 is 2.25 bits per heavy atom. The highest BCUT2D eigenvalue weighted by Crippen LogP contribution is 2.35. The number of carbonyl (C=O) groups excluding carboxylic acids is 1. The molecule has 178 valence electrons. The standard InChI is InChI=1S/C24H37N3O4S/c1-24(2,3)31-23(28)25-12-9-18(10-13-25)11-14-26-16-21-15-20(26)17-27(21)19-5-7-22(8-6-19)32(4,29)30/h5-8,18,20-21H,9-17H2,1-4H3. The third-order valence-corrected chi connectivity index (χ3v) is 8.17. The van der Waals surface area contributed by atoms with Crippen LogP contribution in [0.2, 0.25) is 0 Å². The van der Waals surface area contributed by atoms with Crippen molar-refractivity contribution in [2.45, 2.75) is 69.0 Å². The number of piperidine rings is 1. The molecule has 2 bridgehead atoms. The smallest absolute Gasteiger partial charge is 0.410 e. The maximum atomic E-state index is 12.3. The normalized spacial score (nSPS) is 24.9. The summed E-state index contributed by atoms with van der Waals surface area (Å²) in [5, 5.41) is 0. The fourth-order valence-corrected chi connectivity index (χ4v) is 5.93. The Labute approximate surface area is 192 Å². The summed E-state index contributed by atoms with van der Waals surface area (Å²) in [6.07, 6.45) is 5.55. The number of amides is 1. The summed E-state index contributed by atoms with van der Waals surface area (Å²) in [5.41, 5.74) is 0.686. The molecule has 3 aliphatic rings. The molecule has 32 heavy (non-hydrogen) atoms. The van der Waals surface area contributed by atoms with Crippen LogP contribution in [0.4, 0.5) is 10.5 Å². The van der Waals surface area contributed by atoms with E-state index in [-0.39, 0.29) is 6.09 Å². The molecule has 0 spiro atoms. The lowest BCUT2D eigenvalue weighted by Gasteiger charge is -2.37. The number of fused-ring (bicyclic) bond motifs is 2. The summed E-state index contributed by atoms with van der Waals surface area (Å²) in [5.74, 6) is 0.674. The summed E-state index contributed by atoms with van der Waals surface area (Å²) >= 11 is 0. The van der Waals surface area contributed by atoms with Crippen LogP contribution in [0.15, 0.2) is 29.2 Å². The van der Waals surface area contributed by atoms with E-state index in [1.54, 1.807) is 12.1 Å². The molecule has 1 aromatic rings. The molecule has 4 rings (SSSR count). The highest BCUT2D eigenvalue weighted by Gasteiger charge is 2.43. The molecular weight excluding hydrogens is 426 g/mol. The van der Waals surface area contributed by atoms with Crippen LogP contribution in [0.1, 0.15) is 46.5 Å². The van der Waals surface area contributed by atoms with Crippen molar-refractivity contribution in [3.05, 3.63) is 24.3 Å². The molecule has 1 aromatic carbocycles. The first-order valence-corrected chi connectivity index (χ1v) is 13.7. The van der Waals surface area contributed by atoms with Gasteiger partial charge in [-0.05, 0) is 83.2 Å². The Balaban J connectivity index is 1.21. The molecule has 0 aromatic heterocycles. The zero-order valence-electron chi connectivity index (χ0n) is 19.8. The summed E-state index contributed by atoms with van der Waals surface area (Å²) < 4.78 is 28.9. The first-order valence-electron chi connectivity index (χ1n) is 11.8. The minimum atomic E-state index is -3.15. The molecule has 1 amide bonds. The molecule has 0 aliphatic carbocycles. The molecule has 2 unspecified atom stereocenters. The van der Waals surface area contributed by atoms with Crippen LogP contribution in [-0.2, 0) is 14.6 Å². The number of likely N-dealkylation sites (tertiary alicyclic amines) is 2. The molecule has 3 aliphatic heterocycles. The number of piperazine rings is 1. The van der Waals surface area contributed by atoms with Gasteiger partial charge in [0.05, 0.1) is 4.90 Å². The second-order valence-electron chi connectivity index (χ2n) is 10.7. The van der Waals surface area contributed by atoms with E-state index in [4.69, 9.17) is 4.74 Å². The molecule has 8 heteroatoms. The summed E-state index contributed by atoms with van der Waals surface area (Å²) in [6.45, 7) is 10.5. The van der Waals surface area contributed by atoms with E-state index in [1.807, 2.05) is 37.8 Å². The average molecular weight is 464 g/mol. The quantitative estimate of drug-likeness (QED) is 0.667. The largest absolute Gasteiger partial charge is 0.444 e. The summed E-state index contributed by atoms with van der Waals surface area (Å²) in [7, 11) is -3.15. The maximum Gasteiger partial charge on any atom is 0.410 e. The van der Waals surface area contributed by atoms with Gasteiger partial charge in [0.15, 0.2) is 9.84 Å². The van der Waals surface area contributed by atoms with Crippen molar-refractivity contribution in [2.75, 3.05) is 43.9 Å². The minimum Gasteiger partial charge on any atom is -0.444 e. The van der Waals surface area contributed by atoms with Crippen molar-refractivity contribution in [3.8, 4) is 0 Å². The molecule has 0 N–H and O–H groups in total. The second-order valence-corrected chi connectivity index (χ2v) is 12.7. The van der Waals surface area contributed by atoms with Crippen molar-refractivity contribution in [1.29, 1.82) is 0 Å². The molecule has 3 fully saturated rings. The van der Waals surface area contributed by atoms with Gasteiger partial charge in [0, 0.05) is 50.2 Å². The molecule has 3 heterocycles. The fraction of sp³-hybridized carbons (Fsp3) is 0.708. The lowest BCUT2D eigenvalue weighted by Crippen LogP contribution is -2.47. The third kappa shape index (κ3) is 5.39. The fourth-order valence-electron chi connectivity index (χ4n) is 5.30. The van der Waals surface area contributed by atoms with E-state index in [2.05, 4.69) is 9.80 Å². The van der Waals surface area contributed by atoms with E-state index in [0.717, 1.165) is 51.3 Å². The van der Waals surface area contributed by atoms with Gasteiger partial charge in [0.1, 0.15) is 5.60 Å². The van der Waals surface area contributed by atoms with Crippen molar-refractivity contribution >= 4 is 21.6 Å². The van der Waals surface area contributed by atoms with E-state index in [1.165, 1.54) is 19.1 Å². The zero-order chi connectivity index (χ0) is 23.1. The van der Waals surface area contributed by atoms with Gasteiger partial charge in [-0.2, -0.15) is 0 Å². The highest BCUT2D eigenvalue weighted by molar-refractivity contribution is 7.90. The van der Waals surface area contributed by atoms with Crippen LogP contribution in [-0.4, -0.2) is 81.0 Å². The number of ether oxygens (including phenoxy) is 1. The van der Waals surface area contributed by atoms with Gasteiger partial charge in [-0.15, -0.1) is 0 Å². The number of benzene rings is 1. The minimum absolute atomic E-state index is 0.183. The van der Waals surface area contributed by atoms with E-state index in [0.29, 0.717) is 22.9 Å². The molecule has 2 atom stereocenters. The Hall–Kier alpha value is -1.80. The monoisotopic (exact) mass is 463 g/mol. The number of hydrogen-bond acceptors (Lipinski definition) is 6. The van der Waals surface area contributed by atoms with E-state index >= 15 is 0 Å². The third-order valence-electron chi connectivity index (χ3n) is 7.04. The number of hydrogen-bond donors (Lipinski definition) is 0. The van der Waals surface area contributed by atoms with Gasteiger partial charge in [0.25, 0.3) is 0 Å². The first-order chi connectivity index (χ1) is 15.0. The Morgan fingerprint density at radius 1 is 1.06 bits per heavy atom. The number of sulfone groups is 1. The maximum absolute atomic E-state index is 12.3. The Bertz CT molecular complexity index is 918. The number of rotatable bonds is 5. The summed E-state index contributed by atoms with van der Waals surface area (Å²) in [6, 6.07) is 8.42. The van der Waals surface area contributed by atoms with Crippen molar-refractivity contribution in [2.24, 2.45) is 5.92 Å². The predicted octanol–water partition coefficient (Wildman–Crippen LogP) is 3.39. The number of nitrogens with zero attached hydrogens (tertiary/aromatic N) is 3. The highest BCUT2D eigenvalue weighted by atomic mass is 32.2. The Kier molecular flexibility index (Phi) is 6.47. The lowest BCUT2D eigenvalue weighted by atomic mass is 9.93. The number of carbonyl (C=O) groups is 1. The topological polar surface area (TPSA) is 70.2 Å². The molecular formula is C24H37N3O4S. The van der Waals surface area contributed by atoms with Gasteiger partial charge < -0.3 is 14.5 Å². The van der Waals surface area contributed by atoms with Crippen molar-refractivity contribution in [3.63, 3.8) is 0 Å². The number of anilines is 1. The van der Waals surface area contributed by atoms with Crippen LogP contribution < -0.4 is 4.90 Å². The van der Waals surface area contributed by atoms with Gasteiger partial charge in [-0.1, -0.05) is 0 Å². The Morgan fingerprint density at radius 2 is 1.72 bits per heavy atom. The first kappa shape index (κ1) is 23.4. The molecule has 0 radical (unpaired) electrons. The van der Waals surface area contributed by atoms with E-state index < -0.39 is 15.4 Å². The van der Waals surface area contributed by atoms with Crippen LogP contribution in [0.3, 0.4) is 0 Å². The van der Waals surface area contributed by atoms with Crippen molar-refractivity contribution in [1.82, 2.24) is 9.80 Å². The lowest BCUT2D eigenvalue weighted by molar-refractivity contribution is 0.0177. The van der Waals surface area contributed by atoms with Gasteiger partial charge in [-0.25, -0.2) is 13.2 Å². The summed E-state index contributed by atoms with van der Waals surface area (Å²) in [4.78, 5) is 19.6. The van der Waals surface area contributed by atoms with E-state index in [9.17, 15) is 13.2 Å². The van der Waals surface area contributed by atoms with Gasteiger partial charge >= 0.3 is 6.09 Å². The van der Waals surface area contributed by atoms with Crippen LogP contribution in [0.5, 0.6) is 0 Å².